The van der Waals surface area contributed by atoms with Crippen LogP contribution in [0.4, 0.5) is 0 Å². The summed E-state index contributed by atoms with van der Waals surface area (Å²) in [6.45, 7) is 6.25. The molecule has 7 heteroatoms. The van der Waals surface area contributed by atoms with Gasteiger partial charge >= 0.3 is 5.91 Å². The zero-order valence-electron chi connectivity index (χ0n) is 12.5. The number of benzene rings is 1. The number of aryl methyl sites for hydroxylation is 3. The molecule has 0 atom stereocenters. The summed E-state index contributed by atoms with van der Waals surface area (Å²) in [5.41, 5.74) is 4.25. The van der Waals surface area contributed by atoms with Crippen LogP contribution in [-0.4, -0.2) is 32.5 Å². The second kappa shape index (κ2) is 6.82. The molecule has 21 heavy (non-hydrogen) atoms. The summed E-state index contributed by atoms with van der Waals surface area (Å²) in [5.74, 6) is -1.89. The molecule has 0 aliphatic rings. The fourth-order valence-electron chi connectivity index (χ4n) is 2.10. The van der Waals surface area contributed by atoms with E-state index >= 15 is 0 Å². The van der Waals surface area contributed by atoms with E-state index in [2.05, 4.69) is 0 Å². The third-order valence-corrected chi connectivity index (χ3v) is 4.82. The third-order valence-electron chi connectivity index (χ3n) is 2.85. The number of hydrogen-bond donors (Lipinski definition) is 1. The number of hydrogen-bond acceptors (Lipinski definition) is 5. The van der Waals surface area contributed by atoms with Crippen molar-refractivity contribution in [3.05, 3.63) is 28.8 Å². The summed E-state index contributed by atoms with van der Waals surface area (Å²) in [5, 5.41) is 0. The molecule has 6 nitrogen and oxygen atoms in total. The van der Waals surface area contributed by atoms with Gasteiger partial charge in [-0.25, -0.2) is 13.9 Å². The fourth-order valence-corrected chi connectivity index (χ4v) is 3.71. The van der Waals surface area contributed by atoms with E-state index in [9.17, 15) is 18.0 Å². The number of carbonyl (C=O) groups is 2. The first kappa shape index (κ1) is 17.3. The van der Waals surface area contributed by atoms with Crippen LogP contribution in [0.3, 0.4) is 0 Å². The highest BCUT2D eigenvalue weighted by Crippen LogP contribution is 2.22. The summed E-state index contributed by atoms with van der Waals surface area (Å²) in [6, 6.07) is 3.61. The van der Waals surface area contributed by atoms with Gasteiger partial charge in [-0.2, -0.15) is 0 Å². The fraction of sp³-hybridized carbons (Fsp3) is 0.429. The quantitative estimate of drug-likeness (QED) is 0.481. The molecular weight excluding hydrogens is 294 g/mol. The van der Waals surface area contributed by atoms with Crippen molar-refractivity contribution in [2.45, 2.75) is 32.6 Å². The number of carbonyl (C=O) groups excluding carboxylic acids is 2. The molecule has 0 saturated heterocycles. The molecular formula is C14H19NO5S. The molecule has 1 rings (SSSR count). The van der Waals surface area contributed by atoms with Crippen LogP contribution in [0.2, 0.25) is 0 Å². The second-order valence-corrected chi connectivity index (χ2v) is 6.93. The third kappa shape index (κ3) is 4.64. The van der Waals surface area contributed by atoms with Crippen LogP contribution < -0.4 is 5.48 Å². The average molecular weight is 313 g/mol. The van der Waals surface area contributed by atoms with Crippen LogP contribution in [-0.2, 0) is 24.3 Å². The molecule has 0 aliphatic carbocycles. The van der Waals surface area contributed by atoms with Crippen molar-refractivity contribution in [1.29, 1.82) is 0 Å². The van der Waals surface area contributed by atoms with Crippen molar-refractivity contribution in [3.8, 4) is 0 Å². The Hall–Kier alpha value is -1.73. The average Bonchev–Trinajstić information content (AvgIpc) is 2.32. The van der Waals surface area contributed by atoms with E-state index in [4.69, 9.17) is 4.84 Å². The number of nitrogens with one attached hydrogen (secondary N) is 1. The minimum atomic E-state index is -3.52. The predicted molar refractivity (Wildman–Crippen MR) is 77.5 cm³/mol. The smallest absolute Gasteiger partial charge is 0.289 e. The van der Waals surface area contributed by atoms with Gasteiger partial charge in [-0.05, 0) is 31.9 Å². The number of rotatable bonds is 6. The van der Waals surface area contributed by atoms with E-state index in [1.165, 1.54) is 0 Å². The molecule has 0 unspecified atom stereocenters. The molecule has 1 amide bonds. The largest absolute Gasteiger partial charge is 0.310 e. The van der Waals surface area contributed by atoms with E-state index in [1.807, 2.05) is 12.4 Å². The standard InChI is InChI=1S/C14H19NO5S/c1-9-7-10(2)13(11(3)8-9)21(18,19)6-5-20-15-14(17)12(4)16/h7-8H,5-6H2,1-4H3,(H,15,17). The lowest BCUT2D eigenvalue weighted by molar-refractivity contribution is -0.144. The number of amides is 1. The first-order chi connectivity index (χ1) is 9.65. The van der Waals surface area contributed by atoms with E-state index in [-0.39, 0.29) is 17.3 Å². The Morgan fingerprint density at radius 1 is 1.14 bits per heavy atom. The summed E-state index contributed by atoms with van der Waals surface area (Å²) in [6.07, 6.45) is 0. The van der Waals surface area contributed by atoms with Crippen LogP contribution >= 0.6 is 0 Å². The van der Waals surface area contributed by atoms with E-state index in [1.54, 1.807) is 26.0 Å². The zero-order valence-corrected chi connectivity index (χ0v) is 13.3. The molecule has 0 spiro atoms. The van der Waals surface area contributed by atoms with Gasteiger partial charge in [0.1, 0.15) is 0 Å². The Morgan fingerprint density at radius 2 is 1.67 bits per heavy atom. The Labute approximate surface area is 124 Å². The lowest BCUT2D eigenvalue weighted by Crippen LogP contribution is -2.31. The Kier molecular flexibility index (Phi) is 5.62. The van der Waals surface area contributed by atoms with Crippen LogP contribution in [0.25, 0.3) is 0 Å². The number of ketones is 1. The van der Waals surface area contributed by atoms with Crippen molar-refractivity contribution in [1.82, 2.24) is 5.48 Å². The van der Waals surface area contributed by atoms with Gasteiger partial charge in [-0.15, -0.1) is 0 Å². The normalized spacial score (nSPS) is 11.2. The van der Waals surface area contributed by atoms with Gasteiger partial charge < -0.3 is 0 Å². The second-order valence-electron chi connectivity index (χ2n) is 4.88. The predicted octanol–water partition coefficient (Wildman–Crippen LogP) is 1.02. The van der Waals surface area contributed by atoms with Crippen molar-refractivity contribution in [3.63, 3.8) is 0 Å². The van der Waals surface area contributed by atoms with Crippen LogP contribution in [0.15, 0.2) is 17.0 Å². The molecule has 0 aliphatic heterocycles. The zero-order chi connectivity index (χ0) is 16.2. The number of Topliss-reactive ketones (excluding diaryl/α,β-unsaturated/α-hetero) is 1. The molecule has 116 valence electrons. The Balaban J connectivity index is 2.75. The summed E-state index contributed by atoms with van der Waals surface area (Å²) >= 11 is 0. The van der Waals surface area contributed by atoms with Gasteiger partial charge in [0.15, 0.2) is 9.84 Å². The molecule has 0 saturated carbocycles. The highest BCUT2D eigenvalue weighted by molar-refractivity contribution is 7.91. The highest BCUT2D eigenvalue weighted by atomic mass is 32.2. The molecule has 0 aromatic heterocycles. The maximum absolute atomic E-state index is 12.3. The maximum atomic E-state index is 12.3. The van der Waals surface area contributed by atoms with Crippen LogP contribution in [0.5, 0.6) is 0 Å². The minimum Gasteiger partial charge on any atom is -0.289 e. The lowest BCUT2D eigenvalue weighted by atomic mass is 10.1. The van der Waals surface area contributed by atoms with Crippen molar-refractivity contribution in [2.75, 3.05) is 12.4 Å². The molecule has 1 N–H and O–H groups in total. The van der Waals surface area contributed by atoms with Crippen molar-refractivity contribution >= 4 is 21.5 Å². The SMILES string of the molecule is CC(=O)C(=O)NOCCS(=O)(=O)c1c(C)cc(C)cc1C. The minimum absolute atomic E-state index is 0.228. The summed E-state index contributed by atoms with van der Waals surface area (Å²) in [7, 11) is -3.52. The van der Waals surface area contributed by atoms with Crippen LogP contribution in [0.1, 0.15) is 23.6 Å². The molecule has 0 bridgehead atoms. The Morgan fingerprint density at radius 3 is 2.14 bits per heavy atom. The van der Waals surface area contributed by atoms with Crippen molar-refractivity contribution < 1.29 is 22.8 Å². The molecule has 0 heterocycles. The molecule has 0 radical (unpaired) electrons. The van der Waals surface area contributed by atoms with E-state index < -0.39 is 21.5 Å². The molecule has 1 aromatic rings. The van der Waals surface area contributed by atoms with E-state index in [0.29, 0.717) is 11.1 Å². The Bertz CT molecular complexity index is 641. The summed E-state index contributed by atoms with van der Waals surface area (Å²) in [4.78, 5) is 26.6. The number of sulfone groups is 1. The van der Waals surface area contributed by atoms with E-state index in [0.717, 1.165) is 12.5 Å². The van der Waals surface area contributed by atoms with Crippen molar-refractivity contribution in [2.24, 2.45) is 0 Å². The maximum Gasteiger partial charge on any atom is 0.310 e. The first-order valence-corrected chi connectivity index (χ1v) is 8.03. The van der Waals surface area contributed by atoms with Gasteiger partial charge in [0.05, 0.1) is 17.3 Å². The van der Waals surface area contributed by atoms with Gasteiger partial charge in [0.2, 0.25) is 5.78 Å². The molecule has 0 fully saturated rings. The van der Waals surface area contributed by atoms with Crippen LogP contribution in [0, 0.1) is 20.8 Å². The van der Waals surface area contributed by atoms with Gasteiger partial charge in [-0.1, -0.05) is 17.7 Å². The van der Waals surface area contributed by atoms with Gasteiger partial charge in [0.25, 0.3) is 0 Å². The van der Waals surface area contributed by atoms with Gasteiger partial charge in [0, 0.05) is 6.92 Å². The number of hydroxylamine groups is 1. The monoisotopic (exact) mass is 313 g/mol. The first-order valence-electron chi connectivity index (χ1n) is 6.38. The van der Waals surface area contributed by atoms with Gasteiger partial charge in [-0.3, -0.25) is 14.4 Å². The lowest BCUT2D eigenvalue weighted by Gasteiger charge is -2.12. The topological polar surface area (TPSA) is 89.5 Å². The molecule has 1 aromatic carbocycles. The highest BCUT2D eigenvalue weighted by Gasteiger charge is 2.20. The summed E-state index contributed by atoms with van der Waals surface area (Å²) < 4.78 is 24.6.